The van der Waals surface area contributed by atoms with E-state index in [2.05, 4.69) is 49.5 Å². The highest BCUT2D eigenvalue weighted by Gasteiger charge is 2.06. The first-order valence-electron chi connectivity index (χ1n) is 6.28. The molecule has 16 heavy (non-hydrogen) atoms. The Hall–Kier alpha value is -0.470. The Labute approximate surface area is 104 Å². The minimum Gasteiger partial charge on any atom is -0.313 e. The molecule has 2 heteroatoms. The van der Waals surface area contributed by atoms with Gasteiger partial charge in [-0.3, -0.25) is 0 Å². The number of hydrogen-bond acceptors (Lipinski definition) is 2. The molecule has 1 nitrogen and oxygen atoms in total. The van der Waals surface area contributed by atoms with E-state index in [4.69, 9.17) is 0 Å². The van der Waals surface area contributed by atoms with Gasteiger partial charge in [0, 0.05) is 16.7 Å². The molecule has 0 spiro atoms. The third-order valence-electron chi connectivity index (χ3n) is 2.51. The zero-order chi connectivity index (χ0) is 11.6. The van der Waals surface area contributed by atoms with Crippen molar-refractivity contribution in [1.29, 1.82) is 0 Å². The van der Waals surface area contributed by atoms with Crippen LogP contribution in [0.5, 0.6) is 0 Å². The lowest BCUT2D eigenvalue weighted by Crippen LogP contribution is -2.31. The van der Waals surface area contributed by atoms with Crippen molar-refractivity contribution in [2.24, 2.45) is 0 Å². The fourth-order valence-electron chi connectivity index (χ4n) is 1.65. The second-order valence-electron chi connectivity index (χ2n) is 4.06. The van der Waals surface area contributed by atoms with E-state index >= 15 is 0 Å². The molecule has 1 rings (SSSR count). The van der Waals surface area contributed by atoms with Crippen molar-refractivity contribution < 1.29 is 0 Å². The van der Waals surface area contributed by atoms with Gasteiger partial charge in [0.05, 0.1) is 0 Å². The van der Waals surface area contributed by atoms with Crippen LogP contribution in [0, 0.1) is 0 Å². The van der Waals surface area contributed by atoms with Gasteiger partial charge in [-0.1, -0.05) is 38.5 Å². The minimum atomic E-state index is 0.662. The van der Waals surface area contributed by atoms with Crippen molar-refractivity contribution in [3.05, 3.63) is 30.3 Å². The molecule has 0 radical (unpaired) electrons. The minimum absolute atomic E-state index is 0.662. The van der Waals surface area contributed by atoms with Gasteiger partial charge >= 0.3 is 0 Å². The molecule has 90 valence electrons. The molecule has 0 fully saturated rings. The van der Waals surface area contributed by atoms with Crippen LogP contribution in [0.25, 0.3) is 0 Å². The first-order chi connectivity index (χ1) is 7.86. The Bertz CT molecular complexity index is 261. The van der Waals surface area contributed by atoms with Crippen molar-refractivity contribution in [2.45, 2.75) is 44.0 Å². The average Bonchev–Trinajstić information content (AvgIpc) is 2.34. The summed E-state index contributed by atoms with van der Waals surface area (Å²) in [6, 6.07) is 11.3. The van der Waals surface area contributed by atoms with Crippen molar-refractivity contribution >= 4 is 11.8 Å². The number of rotatable bonds is 8. The van der Waals surface area contributed by atoms with Gasteiger partial charge in [0.1, 0.15) is 0 Å². The summed E-state index contributed by atoms with van der Waals surface area (Å²) in [6.45, 7) is 5.62. The highest BCUT2D eigenvalue weighted by Crippen LogP contribution is 2.19. The molecular weight excluding hydrogens is 214 g/mol. The lowest BCUT2D eigenvalue weighted by atomic mass is 10.2. The largest absolute Gasteiger partial charge is 0.313 e. The molecule has 0 aliphatic carbocycles. The van der Waals surface area contributed by atoms with E-state index in [0.717, 1.165) is 6.54 Å². The molecule has 0 saturated heterocycles. The van der Waals surface area contributed by atoms with Crippen LogP contribution in [-0.2, 0) is 0 Å². The molecule has 0 aromatic heterocycles. The maximum atomic E-state index is 3.62. The van der Waals surface area contributed by atoms with Crippen molar-refractivity contribution in [3.63, 3.8) is 0 Å². The number of thioether (sulfide) groups is 1. The van der Waals surface area contributed by atoms with Gasteiger partial charge in [0.25, 0.3) is 0 Å². The van der Waals surface area contributed by atoms with Crippen LogP contribution in [0.15, 0.2) is 35.2 Å². The Morgan fingerprint density at radius 3 is 2.50 bits per heavy atom. The van der Waals surface area contributed by atoms with Gasteiger partial charge in [0.15, 0.2) is 0 Å². The van der Waals surface area contributed by atoms with E-state index in [1.807, 2.05) is 11.8 Å². The lowest BCUT2D eigenvalue weighted by Gasteiger charge is -2.17. The van der Waals surface area contributed by atoms with Gasteiger partial charge in [0.2, 0.25) is 0 Å². The normalized spacial score (nSPS) is 12.6. The van der Waals surface area contributed by atoms with E-state index < -0.39 is 0 Å². The van der Waals surface area contributed by atoms with Crippen LogP contribution < -0.4 is 5.32 Å². The monoisotopic (exact) mass is 237 g/mol. The second kappa shape index (κ2) is 8.66. The van der Waals surface area contributed by atoms with Crippen LogP contribution in [0.1, 0.15) is 33.1 Å². The van der Waals surface area contributed by atoms with E-state index in [1.165, 1.54) is 29.9 Å². The Kier molecular flexibility index (Phi) is 7.35. The SMILES string of the molecule is CCCNC(CCC)CSc1ccccc1. The van der Waals surface area contributed by atoms with E-state index in [1.54, 1.807) is 0 Å². The maximum Gasteiger partial charge on any atom is 0.0161 e. The zero-order valence-corrected chi connectivity index (χ0v) is 11.2. The summed E-state index contributed by atoms with van der Waals surface area (Å²) in [4.78, 5) is 1.38. The van der Waals surface area contributed by atoms with Gasteiger partial charge in [-0.05, 0) is 31.5 Å². The predicted octanol–water partition coefficient (Wildman–Crippen LogP) is 3.95. The number of nitrogens with one attached hydrogen (secondary N) is 1. The molecule has 1 aromatic rings. The molecule has 0 aliphatic heterocycles. The molecule has 0 saturated carbocycles. The molecule has 0 aliphatic rings. The third kappa shape index (κ3) is 5.57. The van der Waals surface area contributed by atoms with Gasteiger partial charge in [-0.15, -0.1) is 11.8 Å². The number of benzene rings is 1. The fourth-order valence-corrected chi connectivity index (χ4v) is 2.68. The highest BCUT2D eigenvalue weighted by molar-refractivity contribution is 7.99. The standard InChI is InChI=1S/C14H23NS/c1-3-8-13(15-11-4-2)12-16-14-9-6-5-7-10-14/h5-7,9-10,13,15H,3-4,8,11-12H2,1-2H3. The Morgan fingerprint density at radius 2 is 1.88 bits per heavy atom. The second-order valence-corrected chi connectivity index (χ2v) is 5.16. The van der Waals surface area contributed by atoms with Crippen molar-refractivity contribution in [3.8, 4) is 0 Å². The van der Waals surface area contributed by atoms with Gasteiger partial charge < -0.3 is 5.32 Å². The smallest absolute Gasteiger partial charge is 0.0161 e. The lowest BCUT2D eigenvalue weighted by molar-refractivity contribution is 0.514. The topological polar surface area (TPSA) is 12.0 Å². The van der Waals surface area contributed by atoms with Crippen LogP contribution in [0.2, 0.25) is 0 Å². The number of hydrogen-bond donors (Lipinski definition) is 1. The summed E-state index contributed by atoms with van der Waals surface area (Å²) in [6.07, 6.45) is 3.76. The third-order valence-corrected chi connectivity index (χ3v) is 3.69. The Morgan fingerprint density at radius 1 is 1.12 bits per heavy atom. The first kappa shape index (κ1) is 13.6. The summed E-state index contributed by atoms with van der Waals surface area (Å²) >= 11 is 1.96. The molecule has 0 amide bonds. The van der Waals surface area contributed by atoms with Crippen molar-refractivity contribution in [1.82, 2.24) is 5.32 Å². The fraction of sp³-hybridized carbons (Fsp3) is 0.571. The summed E-state index contributed by atoms with van der Waals surface area (Å²) in [5.41, 5.74) is 0. The van der Waals surface area contributed by atoms with Gasteiger partial charge in [-0.25, -0.2) is 0 Å². The van der Waals surface area contributed by atoms with E-state index in [9.17, 15) is 0 Å². The summed E-state index contributed by atoms with van der Waals surface area (Å²) < 4.78 is 0. The predicted molar refractivity (Wildman–Crippen MR) is 74.2 cm³/mol. The first-order valence-corrected chi connectivity index (χ1v) is 7.26. The van der Waals surface area contributed by atoms with Crippen LogP contribution in [0.4, 0.5) is 0 Å². The summed E-state index contributed by atoms with van der Waals surface area (Å²) in [7, 11) is 0. The molecular formula is C14H23NS. The highest BCUT2D eigenvalue weighted by atomic mass is 32.2. The molecule has 1 unspecified atom stereocenters. The Balaban J connectivity index is 2.31. The maximum absolute atomic E-state index is 3.62. The van der Waals surface area contributed by atoms with E-state index in [0.29, 0.717) is 6.04 Å². The molecule has 0 bridgehead atoms. The average molecular weight is 237 g/mol. The summed E-state index contributed by atoms with van der Waals surface area (Å²) in [5.74, 6) is 1.18. The summed E-state index contributed by atoms with van der Waals surface area (Å²) in [5, 5.41) is 3.62. The molecule has 1 N–H and O–H groups in total. The molecule has 1 aromatic carbocycles. The van der Waals surface area contributed by atoms with E-state index in [-0.39, 0.29) is 0 Å². The van der Waals surface area contributed by atoms with Crippen LogP contribution in [-0.4, -0.2) is 18.3 Å². The van der Waals surface area contributed by atoms with Crippen LogP contribution in [0.3, 0.4) is 0 Å². The zero-order valence-electron chi connectivity index (χ0n) is 10.4. The molecule has 1 atom stereocenters. The van der Waals surface area contributed by atoms with Crippen LogP contribution >= 0.6 is 11.8 Å². The van der Waals surface area contributed by atoms with Crippen molar-refractivity contribution in [2.75, 3.05) is 12.3 Å². The van der Waals surface area contributed by atoms with Gasteiger partial charge in [-0.2, -0.15) is 0 Å². The quantitative estimate of drug-likeness (QED) is 0.687. The molecule has 0 heterocycles.